The predicted molar refractivity (Wildman–Crippen MR) is 113 cm³/mol. The van der Waals surface area contributed by atoms with E-state index in [1.807, 2.05) is 31.2 Å². The molecule has 4 rings (SSSR count). The fourth-order valence-electron chi connectivity index (χ4n) is 3.40. The molecule has 2 aromatic heterocycles. The number of carbonyl (C=O) groups excluding carboxylic acids is 1. The molecule has 4 nitrogen and oxygen atoms in total. The topological polar surface area (TPSA) is 46.4 Å². The zero-order chi connectivity index (χ0) is 20.4. The number of benzene rings is 2. The molecule has 0 spiro atoms. The first-order valence-corrected chi connectivity index (χ1v) is 9.62. The highest BCUT2D eigenvalue weighted by atomic mass is 35.5. The normalized spacial score (nSPS) is 12.1. The minimum atomic E-state index is -0.518. The number of imidazole rings is 1. The van der Waals surface area contributed by atoms with Crippen LogP contribution in [0.3, 0.4) is 0 Å². The Morgan fingerprint density at radius 3 is 2.66 bits per heavy atom. The number of carbonyl (C=O) groups is 1. The Balaban J connectivity index is 1.71. The van der Waals surface area contributed by atoms with Crippen molar-refractivity contribution in [2.24, 2.45) is 0 Å². The van der Waals surface area contributed by atoms with Crippen LogP contribution in [-0.4, -0.2) is 15.3 Å². The fourth-order valence-corrected chi connectivity index (χ4v) is 3.56. The van der Waals surface area contributed by atoms with Crippen LogP contribution in [0.4, 0.5) is 10.1 Å². The van der Waals surface area contributed by atoms with Crippen LogP contribution in [0, 0.1) is 12.7 Å². The average molecular weight is 408 g/mol. The summed E-state index contributed by atoms with van der Waals surface area (Å²) in [4.78, 5) is 17.2. The molecule has 4 aromatic rings. The van der Waals surface area contributed by atoms with Crippen molar-refractivity contribution in [3.63, 3.8) is 0 Å². The van der Waals surface area contributed by atoms with Crippen molar-refractivity contribution in [1.82, 2.24) is 9.38 Å². The zero-order valence-electron chi connectivity index (χ0n) is 15.8. The van der Waals surface area contributed by atoms with Gasteiger partial charge in [-0.15, -0.1) is 0 Å². The van der Waals surface area contributed by atoms with Crippen molar-refractivity contribution < 1.29 is 9.18 Å². The first-order valence-electron chi connectivity index (χ1n) is 9.25. The summed E-state index contributed by atoms with van der Waals surface area (Å²) in [5.74, 6) is -1.09. The van der Waals surface area contributed by atoms with Gasteiger partial charge in [0.15, 0.2) is 0 Å². The second kappa shape index (κ2) is 8.05. The lowest BCUT2D eigenvalue weighted by molar-refractivity contribution is -0.116. The smallest absolute Gasteiger partial charge is 0.225 e. The third-order valence-corrected chi connectivity index (χ3v) is 5.08. The molecule has 0 aliphatic carbocycles. The maximum absolute atomic E-state index is 14.6. The lowest BCUT2D eigenvalue weighted by Gasteiger charge is -2.18. The molecule has 0 saturated heterocycles. The highest BCUT2D eigenvalue weighted by molar-refractivity contribution is 6.30. The third kappa shape index (κ3) is 4.15. The van der Waals surface area contributed by atoms with Crippen molar-refractivity contribution in [2.45, 2.75) is 19.3 Å². The minimum Gasteiger partial charge on any atom is -0.326 e. The molecular formula is C23H19ClFN3O. The van der Waals surface area contributed by atoms with Crippen LogP contribution >= 0.6 is 11.6 Å². The Morgan fingerprint density at radius 2 is 1.90 bits per heavy atom. The van der Waals surface area contributed by atoms with Gasteiger partial charge in [0.2, 0.25) is 5.91 Å². The standard InChI is InChI=1S/C23H19ClFN3O/c1-15-6-9-17(10-7-15)27-23(29)12-19(18-4-2-3-5-20(18)25)21-13-26-22-11-8-16(24)14-28(21)22/h2-11,13-14,19H,12H2,1H3,(H,27,29)/t19-/m1/s1. The summed E-state index contributed by atoms with van der Waals surface area (Å²) >= 11 is 6.15. The van der Waals surface area contributed by atoms with E-state index >= 15 is 0 Å². The molecule has 29 heavy (non-hydrogen) atoms. The van der Waals surface area contributed by atoms with Crippen LogP contribution in [-0.2, 0) is 4.79 Å². The lowest BCUT2D eigenvalue weighted by Crippen LogP contribution is -2.18. The Morgan fingerprint density at radius 1 is 1.14 bits per heavy atom. The monoisotopic (exact) mass is 407 g/mol. The zero-order valence-corrected chi connectivity index (χ0v) is 16.5. The third-order valence-electron chi connectivity index (χ3n) is 4.86. The number of fused-ring (bicyclic) bond motifs is 1. The molecule has 0 unspecified atom stereocenters. The van der Waals surface area contributed by atoms with E-state index in [4.69, 9.17) is 11.6 Å². The van der Waals surface area contributed by atoms with Gasteiger partial charge in [0.05, 0.1) is 10.7 Å². The second-order valence-electron chi connectivity index (χ2n) is 6.95. The van der Waals surface area contributed by atoms with E-state index < -0.39 is 5.92 Å². The van der Waals surface area contributed by atoms with Crippen molar-refractivity contribution in [2.75, 3.05) is 5.32 Å². The summed E-state index contributed by atoms with van der Waals surface area (Å²) in [7, 11) is 0. The molecule has 0 fully saturated rings. The Kier molecular flexibility index (Phi) is 5.32. The summed E-state index contributed by atoms with van der Waals surface area (Å²) < 4.78 is 16.4. The minimum absolute atomic E-state index is 0.0646. The molecule has 2 heterocycles. The molecule has 0 aliphatic rings. The Labute approximate surface area is 173 Å². The van der Waals surface area contributed by atoms with Gasteiger partial charge in [-0.3, -0.25) is 4.79 Å². The number of amides is 1. The molecule has 0 aliphatic heterocycles. The van der Waals surface area contributed by atoms with Gasteiger partial charge >= 0.3 is 0 Å². The Bertz CT molecular complexity index is 1170. The maximum atomic E-state index is 14.6. The Hall–Kier alpha value is -3.18. The SMILES string of the molecule is Cc1ccc(NC(=O)C[C@H](c2ccccc2F)c2cnc3ccc(Cl)cn23)cc1. The van der Waals surface area contributed by atoms with Crippen LogP contribution in [0.25, 0.3) is 5.65 Å². The van der Waals surface area contributed by atoms with E-state index in [0.717, 1.165) is 5.56 Å². The number of pyridine rings is 1. The summed E-state index contributed by atoms with van der Waals surface area (Å²) in [6, 6.07) is 17.6. The average Bonchev–Trinajstić information content (AvgIpc) is 3.11. The molecule has 1 N–H and O–H groups in total. The summed E-state index contributed by atoms with van der Waals surface area (Å²) in [5.41, 5.74) is 3.63. The number of anilines is 1. The molecule has 1 atom stereocenters. The molecule has 146 valence electrons. The fraction of sp³-hybridized carbons (Fsp3) is 0.130. The van der Waals surface area contributed by atoms with E-state index in [1.54, 1.807) is 47.1 Å². The van der Waals surface area contributed by atoms with Crippen LogP contribution in [0.5, 0.6) is 0 Å². The van der Waals surface area contributed by atoms with Crippen molar-refractivity contribution in [1.29, 1.82) is 0 Å². The maximum Gasteiger partial charge on any atom is 0.225 e. The molecule has 1 amide bonds. The quantitative estimate of drug-likeness (QED) is 0.468. The summed E-state index contributed by atoms with van der Waals surface area (Å²) in [6.07, 6.45) is 3.46. The first kappa shape index (κ1) is 19.2. The molecule has 0 bridgehead atoms. The number of aryl methyl sites for hydroxylation is 1. The van der Waals surface area contributed by atoms with Gasteiger partial charge in [-0.1, -0.05) is 47.5 Å². The number of rotatable bonds is 5. The molecular weight excluding hydrogens is 389 g/mol. The first-order chi connectivity index (χ1) is 14.0. The number of nitrogens with zero attached hydrogens (tertiary/aromatic N) is 2. The molecule has 6 heteroatoms. The second-order valence-corrected chi connectivity index (χ2v) is 7.39. The highest BCUT2D eigenvalue weighted by Crippen LogP contribution is 2.31. The van der Waals surface area contributed by atoms with E-state index in [9.17, 15) is 9.18 Å². The predicted octanol–water partition coefficient (Wildman–Crippen LogP) is 5.60. The molecule has 2 aromatic carbocycles. The van der Waals surface area contributed by atoms with E-state index in [2.05, 4.69) is 10.3 Å². The van der Waals surface area contributed by atoms with Crippen LogP contribution in [0.15, 0.2) is 73.1 Å². The van der Waals surface area contributed by atoms with E-state index in [1.165, 1.54) is 6.07 Å². The number of nitrogens with one attached hydrogen (secondary N) is 1. The van der Waals surface area contributed by atoms with Gasteiger partial charge in [-0.05, 0) is 42.8 Å². The van der Waals surface area contributed by atoms with E-state index in [-0.39, 0.29) is 18.1 Å². The number of hydrogen-bond donors (Lipinski definition) is 1. The van der Waals surface area contributed by atoms with Gasteiger partial charge in [-0.25, -0.2) is 9.37 Å². The molecule has 0 radical (unpaired) electrons. The van der Waals surface area contributed by atoms with Gasteiger partial charge in [0, 0.05) is 30.4 Å². The van der Waals surface area contributed by atoms with Crippen LogP contribution in [0.2, 0.25) is 5.02 Å². The van der Waals surface area contributed by atoms with Gasteiger partial charge < -0.3 is 9.72 Å². The van der Waals surface area contributed by atoms with Gasteiger partial charge in [-0.2, -0.15) is 0 Å². The van der Waals surface area contributed by atoms with E-state index in [0.29, 0.717) is 27.6 Å². The van der Waals surface area contributed by atoms with Crippen molar-refractivity contribution in [3.05, 3.63) is 101 Å². The number of halogens is 2. The van der Waals surface area contributed by atoms with Crippen LogP contribution < -0.4 is 5.32 Å². The molecule has 0 saturated carbocycles. The number of hydrogen-bond acceptors (Lipinski definition) is 2. The van der Waals surface area contributed by atoms with Crippen molar-refractivity contribution >= 4 is 28.8 Å². The summed E-state index contributed by atoms with van der Waals surface area (Å²) in [5, 5.41) is 3.43. The summed E-state index contributed by atoms with van der Waals surface area (Å²) in [6.45, 7) is 1.98. The highest BCUT2D eigenvalue weighted by Gasteiger charge is 2.24. The van der Waals surface area contributed by atoms with Gasteiger partial charge in [0.1, 0.15) is 11.5 Å². The lowest BCUT2D eigenvalue weighted by atomic mass is 9.91. The van der Waals surface area contributed by atoms with Gasteiger partial charge in [0.25, 0.3) is 0 Å². The number of aromatic nitrogens is 2. The largest absolute Gasteiger partial charge is 0.326 e. The van der Waals surface area contributed by atoms with Crippen LogP contribution in [0.1, 0.15) is 29.2 Å². The van der Waals surface area contributed by atoms with Crippen molar-refractivity contribution in [3.8, 4) is 0 Å².